The summed E-state index contributed by atoms with van der Waals surface area (Å²) in [6.45, 7) is 0.491. The van der Waals surface area contributed by atoms with Crippen LogP contribution in [-0.2, 0) is 21.2 Å². The van der Waals surface area contributed by atoms with Gasteiger partial charge < -0.3 is 5.32 Å². The summed E-state index contributed by atoms with van der Waals surface area (Å²) in [5.41, 5.74) is 2.34. The van der Waals surface area contributed by atoms with Crippen molar-refractivity contribution in [2.24, 2.45) is 0 Å². The van der Waals surface area contributed by atoms with E-state index in [1.807, 2.05) is 12.1 Å². The fourth-order valence-corrected chi connectivity index (χ4v) is 4.67. The zero-order valence-corrected chi connectivity index (χ0v) is 15.4. The highest BCUT2D eigenvalue weighted by atomic mass is 32.2. The fourth-order valence-electron chi connectivity index (χ4n) is 3.04. The summed E-state index contributed by atoms with van der Waals surface area (Å²) in [5, 5.41) is 2.86. The number of anilines is 2. The Morgan fingerprint density at radius 2 is 2.08 bits per heavy atom. The quantitative estimate of drug-likeness (QED) is 0.844. The van der Waals surface area contributed by atoms with Crippen LogP contribution in [0.2, 0.25) is 0 Å². The van der Waals surface area contributed by atoms with Gasteiger partial charge in [-0.05, 0) is 55.5 Å². The summed E-state index contributed by atoms with van der Waals surface area (Å²) >= 11 is 0. The van der Waals surface area contributed by atoms with Crippen LogP contribution in [0.25, 0.3) is 0 Å². The minimum absolute atomic E-state index is 0.0764. The van der Waals surface area contributed by atoms with Crippen molar-refractivity contribution in [1.82, 2.24) is 4.98 Å². The van der Waals surface area contributed by atoms with Crippen LogP contribution in [0, 0.1) is 0 Å². The molecule has 1 aromatic heterocycles. The molecule has 3 rings (SSSR count). The van der Waals surface area contributed by atoms with Gasteiger partial charge >= 0.3 is 0 Å². The molecule has 0 spiro atoms. The number of hydrogen-bond donors (Lipinski definition) is 1. The Hall–Kier alpha value is -2.41. The lowest BCUT2D eigenvalue weighted by atomic mass is 10.1. The van der Waals surface area contributed by atoms with Crippen LogP contribution < -0.4 is 9.62 Å². The smallest absolute Gasteiger partial charge is 0.235 e. The van der Waals surface area contributed by atoms with E-state index in [1.165, 1.54) is 4.31 Å². The van der Waals surface area contributed by atoms with Crippen molar-refractivity contribution >= 4 is 27.3 Å². The Labute approximate surface area is 154 Å². The first kappa shape index (κ1) is 18.4. The maximum Gasteiger partial charge on any atom is 0.235 e. The van der Waals surface area contributed by atoms with Gasteiger partial charge in [0.05, 0.1) is 11.4 Å². The molecule has 26 heavy (non-hydrogen) atoms. The number of rotatable bonds is 6. The van der Waals surface area contributed by atoms with Gasteiger partial charge in [-0.25, -0.2) is 8.42 Å². The van der Waals surface area contributed by atoms with E-state index in [9.17, 15) is 13.2 Å². The number of sulfonamides is 1. The summed E-state index contributed by atoms with van der Waals surface area (Å²) in [6.07, 6.45) is 7.02. The van der Waals surface area contributed by atoms with Crippen molar-refractivity contribution in [3.63, 3.8) is 0 Å². The van der Waals surface area contributed by atoms with Crippen LogP contribution in [0.4, 0.5) is 11.4 Å². The zero-order chi connectivity index (χ0) is 18.4. The van der Waals surface area contributed by atoms with Crippen molar-refractivity contribution < 1.29 is 13.2 Å². The molecular formula is C19H23N3O3S. The third kappa shape index (κ3) is 4.82. The highest BCUT2D eigenvalue weighted by molar-refractivity contribution is 7.92. The number of nitrogens with one attached hydrogen (secondary N) is 1. The molecule has 1 N–H and O–H groups in total. The molecule has 138 valence electrons. The molecule has 1 aliphatic heterocycles. The Balaban J connectivity index is 1.57. The van der Waals surface area contributed by atoms with Crippen LogP contribution in [-0.4, -0.2) is 31.6 Å². The highest BCUT2D eigenvalue weighted by Crippen LogP contribution is 2.26. The standard InChI is InChI=1S/C19H23N3O3S/c23-19(10-3-6-16-7-5-11-20-15-16)21-17-8-4-9-18(14-17)22-12-1-2-13-26(22,24)25/h4-5,7-9,11,14-15H,1-3,6,10,12-13H2,(H,21,23). The van der Waals surface area contributed by atoms with E-state index in [0.717, 1.165) is 24.8 Å². The Kier molecular flexibility index (Phi) is 5.88. The molecule has 1 aromatic carbocycles. The van der Waals surface area contributed by atoms with Crippen molar-refractivity contribution in [2.45, 2.75) is 32.1 Å². The summed E-state index contributed by atoms with van der Waals surface area (Å²) in [6, 6.07) is 10.9. The number of aromatic nitrogens is 1. The van der Waals surface area contributed by atoms with Crippen molar-refractivity contribution in [1.29, 1.82) is 0 Å². The van der Waals surface area contributed by atoms with E-state index in [1.54, 1.807) is 36.7 Å². The molecule has 2 heterocycles. The lowest BCUT2D eigenvalue weighted by Gasteiger charge is -2.28. The van der Waals surface area contributed by atoms with Crippen LogP contribution in [0.3, 0.4) is 0 Å². The Morgan fingerprint density at radius 3 is 2.85 bits per heavy atom. The SMILES string of the molecule is O=C(CCCc1cccnc1)Nc1cccc(N2CCCCS2(=O)=O)c1. The molecule has 1 saturated heterocycles. The van der Waals surface area contributed by atoms with E-state index >= 15 is 0 Å². The van der Waals surface area contributed by atoms with E-state index in [0.29, 0.717) is 30.8 Å². The number of benzene rings is 1. The van der Waals surface area contributed by atoms with Gasteiger partial charge in [0.1, 0.15) is 0 Å². The summed E-state index contributed by atoms with van der Waals surface area (Å²) in [7, 11) is -3.25. The fraction of sp³-hybridized carbons (Fsp3) is 0.368. The summed E-state index contributed by atoms with van der Waals surface area (Å²) in [4.78, 5) is 16.2. The lowest BCUT2D eigenvalue weighted by molar-refractivity contribution is -0.116. The van der Waals surface area contributed by atoms with E-state index < -0.39 is 10.0 Å². The topological polar surface area (TPSA) is 79.4 Å². The predicted octanol–water partition coefficient (Wildman–Crippen LogP) is 2.97. The highest BCUT2D eigenvalue weighted by Gasteiger charge is 2.26. The first-order valence-electron chi connectivity index (χ1n) is 8.84. The largest absolute Gasteiger partial charge is 0.326 e. The second kappa shape index (κ2) is 8.31. The van der Waals surface area contributed by atoms with Crippen molar-refractivity contribution in [3.05, 3.63) is 54.4 Å². The molecular weight excluding hydrogens is 350 g/mol. The first-order valence-corrected chi connectivity index (χ1v) is 10.4. The summed E-state index contributed by atoms with van der Waals surface area (Å²) in [5.74, 6) is 0.102. The molecule has 1 aliphatic rings. The average Bonchev–Trinajstić information content (AvgIpc) is 2.62. The Bertz CT molecular complexity index is 853. The van der Waals surface area contributed by atoms with Gasteiger partial charge in [0.15, 0.2) is 0 Å². The molecule has 0 atom stereocenters. The maximum atomic E-state index is 12.2. The van der Waals surface area contributed by atoms with Crippen LogP contribution >= 0.6 is 0 Å². The number of nitrogens with zero attached hydrogens (tertiary/aromatic N) is 2. The molecule has 7 heteroatoms. The van der Waals surface area contributed by atoms with Gasteiger partial charge in [-0.3, -0.25) is 14.1 Å². The second-order valence-corrected chi connectivity index (χ2v) is 8.42. The Morgan fingerprint density at radius 1 is 1.19 bits per heavy atom. The molecule has 0 saturated carbocycles. The van der Waals surface area contributed by atoms with Gasteiger partial charge in [-0.1, -0.05) is 12.1 Å². The minimum atomic E-state index is -3.25. The van der Waals surface area contributed by atoms with Gasteiger partial charge in [0.2, 0.25) is 15.9 Å². The average molecular weight is 373 g/mol. The summed E-state index contributed by atoms with van der Waals surface area (Å²) < 4.78 is 25.9. The van der Waals surface area contributed by atoms with Gasteiger partial charge in [-0.15, -0.1) is 0 Å². The van der Waals surface area contributed by atoms with Gasteiger partial charge in [0, 0.05) is 31.0 Å². The van der Waals surface area contributed by atoms with Crippen LogP contribution in [0.5, 0.6) is 0 Å². The second-order valence-electron chi connectivity index (χ2n) is 6.41. The van der Waals surface area contributed by atoms with E-state index in [-0.39, 0.29) is 11.7 Å². The predicted molar refractivity (Wildman–Crippen MR) is 103 cm³/mol. The number of carbonyl (C=O) groups is 1. The molecule has 0 bridgehead atoms. The zero-order valence-electron chi connectivity index (χ0n) is 14.6. The van der Waals surface area contributed by atoms with E-state index in [4.69, 9.17) is 0 Å². The van der Waals surface area contributed by atoms with Gasteiger partial charge in [-0.2, -0.15) is 0 Å². The molecule has 0 unspecified atom stereocenters. The molecule has 6 nitrogen and oxygen atoms in total. The number of carbonyl (C=O) groups excluding carboxylic acids is 1. The van der Waals surface area contributed by atoms with E-state index in [2.05, 4.69) is 10.3 Å². The lowest BCUT2D eigenvalue weighted by Crippen LogP contribution is -2.37. The van der Waals surface area contributed by atoms with Crippen molar-refractivity contribution in [3.8, 4) is 0 Å². The third-order valence-electron chi connectivity index (χ3n) is 4.36. The van der Waals surface area contributed by atoms with Crippen molar-refractivity contribution in [2.75, 3.05) is 21.9 Å². The third-order valence-corrected chi connectivity index (χ3v) is 6.23. The molecule has 0 radical (unpaired) electrons. The number of aryl methyl sites for hydroxylation is 1. The maximum absolute atomic E-state index is 12.2. The molecule has 2 aromatic rings. The normalized spacial score (nSPS) is 16.2. The number of pyridine rings is 1. The minimum Gasteiger partial charge on any atom is -0.326 e. The molecule has 1 fully saturated rings. The first-order chi connectivity index (χ1) is 12.5. The van der Waals surface area contributed by atoms with Crippen LogP contribution in [0.15, 0.2) is 48.8 Å². The van der Waals surface area contributed by atoms with Gasteiger partial charge in [0.25, 0.3) is 0 Å². The monoisotopic (exact) mass is 373 g/mol. The molecule has 0 aliphatic carbocycles. The van der Waals surface area contributed by atoms with Crippen LogP contribution in [0.1, 0.15) is 31.2 Å². The number of hydrogen-bond acceptors (Lipinski definition) is 4. The molecule has 1 amide bonds. The number of amides is 1.